The third kappa shape index (κ3) is 3.42. The summed E-state index contributed by atoms with van der Waals surface area (Å²) in [5.74, 6) is -0.781. The van der Waals surface area contributed by atoms with Gasteiger partial charge in [0, 0.05) is 0 Å². The summed E-state index contributed by atoms with van der Waals surface area (Å²) in [5.41, 5.74) is 4.50. The van der Waals surface area contributed by atoms with Crippen LogP contribution in [0.3, 0.4) is 0 Å². The van der Waals surface area contributed by atoms with Crippen LogP contribution in [-0.2, 0) is 30.5 Å². The third-order valence-electron chi connectivity index (χ3n) is 7.36. The largest absolute Gasteiger partial charge is 0.464 e. The van der Waals surface area contributed by atoms with E-state index in [-0.39, 0.29) is 11.5 Å². The molecule has 0 fully saturated rings. The lowest BCUT2D eigenvalue weighted by molar-refractivity contribution is -0.145. The predicted molar refractivity (Wildman–Crippen MR) is 150 cm³/mol. The van der Waals surface area contributed by atoms with Crippen molar-refractivity contribution in [3.8, 4) is 11.1 Å². The van der Waals surface area contributed by atoms with Crippen molar-refractivity contribution in [1.82, 2.24) is 0 Å². The van der Waals surface area contributed by atoms with Gasteiger partial charge in [-0.25, -0.2) is 13.2 Å². The number of benzene rings is 5. The number of hydrogen-bond donors (Lipinski definition) is 0. The van der Waals surface area contributed by atoms with Crippen molar-refractivity contribution in [2.24, 2.45) is 0 Å². The van der Waals surface area contributed by atoms with E-state index in [4.69, 9.17) is 4.74 Å². The van der Waals surface area contributed by atoms with Gasteiger partial charge in [0.25, 0.3) is 0 Å². The van der Waals surface area contributed by atoms with Crippen LogP contribution >= 0.6 is 0 Å². The Balaban J connectivity index is 1.78. The fraction of sp³-hybridized carbons (Fsp3) is 0.121. The topological polar surface area (TPSA) is 60.4 Å². The van der Waals surface area contributed by atoms with Gasteiger partial charge in [-0.1, -0.05) is 97.1 Å². The Kier molecular flexibility index (Phi) is 5.88. The van der Waals surface area contributed by atoms with Crippen LogP contribution in [0.4, 0.5) is 0 Å². The Morgan fingerprint density at radius 1 is 0.763 bits per heavy atom. The number of carbonyl (C=O) groups excluding carboxylic acids is 1. The van der Waals surface area contributed by atoms with Gasteiger partial charge in [0.1, 0.15) is 0 Å². The van der Waals surface area contributed by atoms with Crippen molar-refractivity contribution in [2.45, 2.75) is 23.0 Å². The van der Waals surface area contributed by atoms with Gasteiger partial charge in [0.2, 0.25) is 14.6 Å². The minimum atomic E-state index is -4.28. The van der Waals surface area contributed by atoms with E-state index < -0.39 is 20.6 Å². The Morgan fingerprint density at radius 3 is 2.13 bits per heavy atom. The molecular formula is C33H26O4S. The molecule has 5 aromatic rings. The van der Waals surface area contributed by atoms with Crippen molar-refractivity contribution in [1.29, 1.82) is 0 Å². The molecule has 0 bridgehead atoms. The molecule has 1 atom stereocenters. The Hall–Kier alpha value is -4.22. The molecule has 1 unspecified atom stereocenters. The third-order valence-corrected chi connectivity index (χ3v) is 9.66. The number of sulfone groups is 1. The summed E-state index contributed by atoms with van der Waals surface area (Å²) >= 11 is 0. The maximum absolute atomic E-state index is 14.7. The minimum Gasteiger partial charge on any atom is -0.464 e. The van der Waals surface area contributed by atoms with Crippen molar-refractivity contribution >= 4 is 26.6 Å². The highest BCUT2D eigenvalue weighted by Crippen LogP contribution is 2.57. The van der Waals surface area contributed by atoms with Gasteiger partial charge in [-0.2, -0.15) is 0 Å². The highest BCUT2D eigenvalue weighted by molar-refractivity contribution is 7.93. The first-order chi connectivity index (χ1) is 18.5. The lowest BCUT2D eigenvalue weighted by Crippen LogP contribution is -2.44. The van der Waals surface area contributed by atoms with Crippen molar-refractivity contribution in [3.63, 3.8) is 0 Å². The average molecular weight is 519 g/mol. The second-order valence-corrected chi connectivity index (χ2v) is 11.5. The van der Waals surface area contributed by atoms with E-state index in [0.717, 1.165) is 33.0 Å². The van der Waals surface area contributed by atoms with Crippen LogP contribution in [0.1, 0.15) is 29.2 Å². The second-order valence-electron chi connectivity index (χ2n) is 9.42. The van der Waals surface area contributed by atoms with Crippen LogP contribution in [-0.4, -0.2) is 21.0 Å². The zero-order valence-corrected chi connectivity index (χ0v) is 21.7. The van der Waals surface area contributed by atoms with Gasteiger partial charge >= 0.3 is 5.97 Å². The first kappa shape index (κ1) is 24.1. The van der Waals surface area contributed by atoms with Gasteiger partial charge in [-0.05, 0) is 75.7 Å². The molecule has 0 saturated heterocycles. The number of hydrogen-bond acceptors (Lipinski definition) is 4. The molecule has 0 saturated carbocycles. The highest BCUT2D eigenvalue weighted by atomic mass is 32.2. The minimum absolute atomic E-state index is 0.0623. The summed E-state index contributed by atoms with van der Waals surface area (Å²) in [6, 6.07) is 35.5. The van der Waals surface area contributed by atoms with Gasteiger partial charge in [-0.3, -0.25) is 0 Å². The molecule has 0 aliphatic heterocycles. The van der Waals surface area contributed by atoms with Crippen molar-refractivity contribution in [3.05, 3.63) is 138 Å². The Morgan fingerprint density at radius 2 is 1.39 bits per heavy atom. The lowest BCUT2D eigenvalue weighted by atomic mass is 9.88. The maximum Gasteiger partial charge on any atom is 0.337 e. The normalized spacial score (nSPS) is 16.1. The highest BCUT2D eigenvalue weighted by Gasteiger charge is 2.61. The number of carbonyl (C=O) groups is 1. The van der Waals surface area contributed by atoms with Crippen LogP contribution in [0.5, 0.6) is 0 Å². The van der Waals surface area contributed by atoms with Gasteiger partial charge in [0.15, 0.2) is 0 Å². The summed E-state index contributed by atoms with van der Waals surface area (Å²) in [4.78, 5) is 14.2. The monoisotopic (exact) mass is 518 g/mol. The molecule has 5 heteroatoms. The van der Waals surface area contributed by atoms with Crippen LogP contribution in [0.25, 0.3) is 21.9 Å². The summed E-state index contributed by atoms with van der Waals surface area (Å²) in [5, 5.41) is 1.91. The zero-order valence-electron chi connectivity index (χ0n) is 20.9. The number of fused-ring (bicyclic) bond motifs is 4. The molecule has 0 spiro atoms. The van der Waals surface area contributed by atoms with Crippen LogP contribution < -0.4 is 0 Å². The smallest absolute Gasteiger partial charge is 0.337 e. The van der Waals surface area contributed by atoms with E-state index in [2.05, 4.69) is 18.2 Å². The van der Waals surface area contributed by atoms with Crippen LogP contribution in [0.2, 0.25) is 0 Å². The molecule has 38 heavy (non-hydrogen) atoms. The average Bonchev–Trinajstić information content (AvgIpc) is 3.25. The number of ether oxygens (including phenoxy) is 1. The molecule has 4 nitrogen and oxygen atoms in total. The molecule has 5 aromatic carbocycles. The van der Waals surface area contributed by atoms with Crippen molar-refractivity contribution < 1.29 is 17.9 Å². The molecule has 0 N–H and O–H groups in total. The van der Waals surface area contributed by atoms with E-state index in [1.54, 1.807) is 49.4 Å². The number of esters is 1. The Bertz CT molecular complexity index is 1780. The van der Waals surface area contributed by atoms with Gasteiger partial charge in [0.05, 0.1) is 11.5 Å². The van der Waals surface area contributed by atoms with Crippen LogP contribution in [0, 0.1) is 0 Å². The van der Waals surface area contributed by atoms with E-state index >= 15 is 0 Å². The molecule has 6 rings (SSSR count). The summed E-state index contributed by atoms with van der Waals surface area (Å²) < 4.78 is 33.0. The fourth-order valence-electron chi connectivity index (χ4n) is 5.77. The molecule has 1 aliphatic carbocycles. The van der Waals surface area contributed by atoms with E-state index in [9.17, 15) is 13.2 Å². The molecule has 0 aromatic heterocycles. The van der Waals surface area contributed by atoms with E-state index in [1.165, 1.54) is 0 Å². The summed E-state index contributed by atoms with van der Waals surface area (Å²) in [6.45, 7) is 1.76. The van der Waals surface area contributed by atoms with Gasteiger partial charge in [-0.15, -0.1) is 0 Å². The molecule has 1 aliphatic rings. The van der Waals surface area contributed by atoms with Gasteiger partial charge < -0.3 is 4.74 Å². The second kappa shape index (κ2) is 9.26. The summed E-state index contributed by atoms with van der Waals surface area (Å²) in [7, 11) is -4.28. The van der Waals surface area contributed by atoms with Crippen LogP contribution in [0.15, 0.2) is 120 Å². The van der Waals surface area contributed by atoms with E-state index in [0.29, 0.717) is 17.5 Å². The summed E-state index contributed by atoms with van der Waals surface area (Å²) in [6.07, 6.45) is 0.586. The number of rotatable bonds is 6. The van der Waals surface area contributed by atoms with E-state index in [1.807, 2.05) is 54.6 Å². The molecule has 0 amide bonds. The standard InChI is InChI=1S/C33H26O4S/c1-2-37-32(34)33(38(35,36)25-16-7-4-8-17-25)29-20-12-11-19-27(29)31-28(21-23-13-5-3-6-14-23)26-18-10-9-15-24(26)22-30(31)33/h3-20,22H,2,21H2,1H3. The molecule has 0 heterocycles. The first-order valence-electron chi connectivity index (χ1n) is 12.7. The quantitative estimate of drug-likeness (QED) is 0.235. The maximum atomic E-state index is 14.7. The first-order valence-corrected chi connectivity index (χ1v) is 14.1. The van der Waals surface area contributed by atoms with Crippen molar-refractivity contribution in [2.75, 3.05) is 6.61 Å². The fourth-order valence-corrected chi connectivity index (χ4v) is 7.84. The molecular weight excluding hydrogens is 492 g/mol. The predicted octanol–water partition coefficient (Wildman–Crippen LogP) is 6.69. The molecule has 188 valence electrons. The Labute approximate surface area is 222 Å². The SMILES string of the molecule is CCOC(=O)C1(S(=O)(=O)c2ccccc2)c2ccccc2-c2c1cc1ccccc1c2Cc1ccccc1. The zero-order chi connectivity index (χ0) is 26.3. The lowest BCUT2D eigenvalue weighted by Gasteiger charge is -2.30. The molecule has 0 radical (unpaired) electrons.